The van der Waals surface area contributed by atoms with Crippen LogP contribution in [0.3, 0.4) is 0 Å². The number of hydrogen-bond donors (Lipinski definition) is 4. The highest BCUT2D eigenvalue weighted by Crippen LogP contribution is 2.21. The van der Waals surface area contributed by atoms with Crippen LogP contribution in [0.2, 0.25) is 5.02 Å². The van der Waals surface area contributed by atoms with Crippen LogP contribution in [0.25, 0.3) is 10.8 Å². The smallest absolute Gasteiger partial charge is 0.251 e. The second-order valence-electron chi connectivity index (χ2n) is 9.25. The number of carbonyl (C=O) groups is 1. The number of amides is 1. The van der Waals surface area contributed by atoms with Crippen LogP contribution in [0.4, 0.5) is 0 Å². The molecule has 8 heteroatoms. The number of rotatable bonds is 8. The molecule has 0 saturated heterocycles. The summed E-state index contributed by atoms with van der Waals surface area (Å²) < 4.78 is 0. The Hall–Kier alpha value is -4.62. The Morgan fingerprint density at radius 2 is 1.62 bits per heavy atom. The molecule has 0 atom stereocenters. The Morgan fingerprint density at radius 3 is 2.36 bits per heavy atom. The van der Waals surface area contributed by atoms with E-state index in [0.717, 1.165) is 39.0 Å². The number of halogens is 1. The predicted octanol–water partition coefficient (Wildman–Crippen LogP) is 4.90. The lowest BCUT2D eigenvalue weighted by Gasteiger charge is -2.21. The maximum Gasteiger partial charge on any atom is 0.251 e. The highest BCUT2D eigenvalue weighted by Gasteiger charge is 2.15. The van der Waals surface area contributed by atoms with Crippen LogP contribution in [0.1, 0.15) is 27.0 Å². The third-order valence-electron chi connectivity index (χ3n) is 6.48. The molecule has 0 saturated carbocycles. The summed E-state index contributed by atoms with van der Waals surface area (Å²) in [6.45, 7) is 1.02. The molecule has 39 heavy (non-hydrogen) atoms. The summed E-state index contributed by atoms with van der Waals surface area (Å²) in [7, 11) is 1.84. The van der Waals surface area contributed by atoms with E-state index in [9.17, 15) is 4.79 Å². The fourth-order valence-corrected chi connectivity index (χ4v) is 4.46. The van der Waals surface area contributed by atoms with Crippen molar-refractivity contribution in [2.24, 2.45) is 4.99 Å². The zero-order chi connectivity index (χ0) is 27.2. The largest absolute Gasteiger partial charge is 0.367 e. The molecule has 4 aromatic rings. The van der Waals surface area contributed by atoms with Gasteiger partial charge in [-0.2, -0.15) is 0 Å². The fraction of sp³-hybridized carbons (Fsp3) is 0.0645. The van der Waals surface area contributed by atoms with Crippen molar-refractivity contribution in [2.45, 2.75) is 13.1 Å². The van der Waals surface area contributed by atoms with Gasteiger partial charge in [0.25, 0.3) is 5.91 Å². The fourth-order valence-electron chi connectivity index (χ4n) is 4.23. The number of allylic oxidation sites excluding steroid dienone is 2. The van der Waals surface area contributed by atoms with Crippen molar-refractivity contribution in [3.8, 4) is 0 Å². The lowest BCUT2D eigenvalue weighted by atomic mass is 9.96. The Labute approximate surface area is 233 Å². The van der Waals surface area contributed by atoms with Crippen molar-refractivity contribution >= 4 is 48.1 Å². The van der Waals surface area contributed by atoms with Gasteiger partial charge in [-0.15, -0.1) is 0 Å². The number of hydrogen-bond acceptors (Lipinski definition) is 5. The molecule has 0 aromatic heterocycles. The molecule has 0 unspecified atom stereocenters. The van der Waals surface area contributed by atoms with Crippen LogP contribution in [0.15, 0.2) is 119 Å². The molecule has 4 N–H and O–H groups in total. The molecule has 0 aliphatic carbocycles. The molecule has 0 spiro atoms. The van der Waals surface area contributed by atoms with Gasteiger partial charge in [-0.1, -0.05) is 84.4 Å². The summed E-state index contributed by atoms with van der Waals surface area (Å²) in [4.78, 5) is 17.4. The zero-order valence-corrected chi connectivity index (χ0v) is 22.2. The normalized spacial score (nSPS) is 14.1. The molecule has 1 aliphatic heterocycles. The minimum Gasteiger partial charge on any atom is -0.367 e. The van der Waals surface area contributed by atoms with Crippen LogP contribution >= 0.6 is 11.6 Å². The molecule has 6 nitrogen and oxygen atoms in total. The molecule has 192 valence electrons. The van der Waals surface area contributed by atoms with Gasteiger partial charge in [0, 0.05) is 41.5 Å². The minimum atomic E-state index is -0.0955. The number of fused-ring (bicyclic) bond motifs is 1. The monoisotopic (exact) mass is 531 g/mol. The summed E-state index contributed by atoms with van der Waals surface area (Å²) in [6.07, 6.45) is 3.19. The lowest BCUT2D eigenvalue weighted by Crippen LogP contribution is -2.30. The van der Waals surface area contributed by atoms with Gasteiger partial charge in [0.05, 0.1) is 5.71 Å². The van der Waals surface area contributed by atoms with Crippen molar-refractivity contribution in [2.75, 3.05) is 0 Å². The molecule has 0 bridgehead atoms. The van der Waals surface area contributed by atoms with E-state index in [2.05, 4.69) is 20.9 Å². The maximum absolute atomic E-state index is 12.7. The average molecular weight is 532 g/mol. The Bertz CT molecular complexity index is 1640. The van der Waals surface area contributed by atoms with Crippen LogP contribution in [-0.2, 0) is 13.1 Å². The molecule has 1 heterocycles. The first kappa shape index (κ1) is 26.0. The first-order valence-corrected chi connectivity index (χ1v) is 13.0. The van der Waals surface area contributed by atoms with Crippen LogP contribution in [0, 0.1) is 5.41 Å². The molecule has 4 aromatic carbocycles. The first-order valence-electron chi connectivity index (χ1n) is 12.6. The topological polar surface area (TPSA) is 89.4 Å². The number of benzene rings is 4. The van der Waals surface area contributed by atoms with E-state index in [0.29, 0.717) is 35.0 Å². The standard InChI is InChI=1S/C31H27BClN5O/c32-26(17-34)30-37-28(25-7-3-4-8-27(25)33)16-29(38-30)35-18-20-9-11-21(12-10-20)19-36-31(39)24-14-13-22-5-1-2-6-23(22)15-24/h1-17,34-35,38H,18-19,32H2,(H,36,39)/b30-26+,34-17?. The molecular formula is C31H27BClN5O. The third-order valence-corrected chi connectivity index (χ3v) is 6.81. The van der Waals surface area contributed by atoms with Crippen LogP contribution in [0.5, 0.6) is 0 Å². The van der Waals surface area contributed by atoms with Gasteiger partial charge in [0.2, 0.25) is 0 Å². The van der Waals surface area contributed by atoms with Gasteiger partial charge in [-0.05, 0) is 45.6 Å². The number of nitrogens with zero attached hydrogens (tertiary/aromatic N) is 1. The third kappa shape index (κ3) is 6.28. The quantitative estimate of drug-likeness (QED) is 0.193. The first-order chi connectivity index (χ1) is 19.0. The summed E-state index contributed by atoms with van der Waals surface area (Å²) in [6, 6.07) is 29.4. The molecule has 5 rings (SSSR count). The van der Waals surface area contributed by atoms with Gasteiger partial charge in [0.15, 0.2) is 0 Å². The molecular weight excluding hydrogens is 505 g/mol. The highest BCUT2D eigenvalue weighted by molar-refractivity contribution is 6.35. The number of aliphatic imine (C=N–C) groups is 1. The molecule has 1 amide bonds. The van der Waals surface area contributed by atoms with E-state index in [1.807, 2.05) is 105 Å². The number of carbonyl (C=O) groups excluding carboxylic acids is 1. The SMILES string of the molecule is B/C(C=N)=C1\N=C(c2ccccc2Cl)C=C(NCc2ccc(CNC(=O)c3ccc4ccccc4c3)cc2)N1. The van der Waals surface area contributed by atoms with Gasteiger partial charge in [-0.3, -0.25) is 4.79 Å². The highest BCUT2D eigenvalue weighted by atomic mass is 35.5. The summed E-state index contributed by atoms with van der Waals surface area (Å²) in [5.74, 6) is 1.27. The van der Waals surface area contributed by atoms with Crippen molar-refractivity contribution in [1.82, 2.24) is 16.0 Å². The molecule has 0 fully saturated rings. The van der Waals surface area contributed by atoms with Gasteiger partial charge in [-0.25, -0.2) is 4.99 Å². The van der Waals surface area contributed by atoms with Crippen molar-refractivity contribution < 1.29 is 4.79 Å². The van der Waals surface area contributed by atoms with Crippen LogP contribution < -0.4 is 16.0 Å². The van der Waals surface area contributed by atoms with Crippen LogP contribution in [-0.4, -0.2) is 25.7 Å². The maximum atomic E-state index is 12.7. The second-order valence-corrected chi connectivity index (χ2v) is 9.66. The predicted molar refractivity (Wildman–Crippen MR) is 162 cm³/mol. The zero-order valence-electron chi connectivity index (χ0n) is 21.5. The van der Waals surface area contributed by atoms with Crippen molar-refractivity contribution in [3.63, 3.8) is 0 Å². The summed E-state index contributed by atoms with van der Waals surface area (Å²) in [5.41, 5.74) is 5.00. The van der Waals surface area contributed by atoms with E-state index >= 15 is 0 Å². The molecule has 0 radical (unpaired) electrons. The Morgan fingerprint density at radius 1 is 0.923 bits per heavy atom. The van der Waals surface area contributed by atoms with E-state index in [-0.39, 0.29) is 5.91 Å². The summed E-state index contributed by atoms with van der Waals surface area (Å²) in [5, 5.41) is 20.1. The van der Waals surface area contributed by atoms with E-state index in [1.54, 1.807) is 0 Å². The second kappa shape index (κ2) is 11.8. The van der Waals surface area contributed by atoms with E-state index in [4.69, 9.17) is 17.0 Å². The lowest BCUT2D eigenvalue weighted by molar-refractivity contribution is 0.0951. The van der Waals surface area contributed by atoms with Crippen molar-refractivity contribution in [1.29, 1.82) is 5.41 Å². The van der Waals surface area contributed by atoms with Gasteiger partial charge < -0.3 is 21.4 Å². The number of nitrogens with one attached hydrogen (secondary N) is 4. The minimum absolute atomic E-state index is 0.0955. The molecule has 1 aliphatic rings. The average Bonchev–Trinajstić information content (AvgIpc) is 2.98. The summed E-state index contributed by atoms with van der Waals surface area (Å²) >= 11 is 6.42. The van der Waals surface area contributed by atoms with Gasteiger partial charge in [0.1, 0.15) is 19.5 Å². The van der Waals surface area contributed by atoms with E-state index < -0.39 is 0 Å². The van der Waals surface area contributed by atoms with E-state index in [1.165, 1.54) is 6.21 Å². The van der Waals surface area contributed by atoms with Gasteiger partial charge >= 0.3 is 0 Å². The van der Waals surface area contributed by atoms with Crippen molar-refractivity contribution in [3.05, 3.63) is 141 Å². The Kier molecular flexibility index (Phi) is 7.90. The Balaban J connectivity index is 1.21.